The topological polar surface area (TPSA) is 96.0 Å². The molecule has 0 heterocycles. The third-order valence-electron chi connectivity index (χ3n) is 6.26. The van der Waals surface area contributed by atoms with Crippen LogP contribution in [-0.2, 0) is 26.2 Å². The molecule has 0 fully saturated rings. The van der Waals surface area contributed by atoms with Crippen molar-refractivity contribution in [3.05, 3.63) is 88.4 Å². The molecule has 3 aromatic rings. The predicted octanol–water partition coefficient (Wildman–Crippen LogP) is 5.68. The Bertz CT molecular complexity index is 1440. The second-order valence-corrected chi connectivity index (χ2v) is 13.6. The number of ether oxygens (including phenoxy) is 1. The molecule has 1 N–H and O–H groups in total. The zero-order valence-electron chi connectivity index (χ0n) is 24.3. The third kappa shape index (κ3) is 8.81. The maximum atomic E-state index is 14.0. The Labute approximate surface area is 251 Å². The molecule has 1 atom stereocenters. The Hall–Kier alpha value is -3.37. The number of aryl methyl sites for hydroxylation is 1. The first kappa shape index (κ1) is 32.1. The molecule has 0 aliphatic carbocycles. The van der Waals surface area contributed by atoms with Crippen LogP contribution in [0.4, 0.5) is 5.69 Å². The lowest BCUT2D eigenvalue weighted by Gasteiger charge is -2.33. The minimum atomic E-state index is -4.14. The summed E-state index contributed by atoms with van der Waals surface area (Å²) in [5.41, 5.74) is 1.50. The number of amides is 2. The Balaban J connectivity index is 2.03. The number of benzene rings is 3. The van der Waals surface area contributed by atoms with Gasteiger partial charge in [0.25, 0.3) is 10.0 Å². The smallest absolute Gasteiger partial charge is 0.264 e. The molecule has 0 saturated heterocycles. The molecule has 41 heavy (non-hydrogen) atoms. The summed E-state index contributed by atoms with van der Waals surface area (Å²) in [7, 11) is -4.14. The van der Waals surface area contributed by atoms with Gasteiger partial charge in [0.15, 0.2) is 0 Å². The summed E-state index contributed by atoms with van der Waals surface area (Å²) in [6.07, 6.45) is 0. The number of nitrogens with one attached hydrogen (secondary N) is 1. The minimum Gasteiger partial charge on any atom is -0.494 e. The van der Waals surface area contributed by atoms with Crippen molar-refractivity contribution in [1.29, 1.82) is 0 Å². The summed E-state index contributed by atoms with van der Waals surface area (Å²) < 4.78 is 35.4. The van der Waals surface area contributed by atoms with Gasteiger partial charge in [0.1, 0.15) is 18.3 Å². The number of sulfonamides is 1. The molecule has 10 heteroatoms. The summed E-state index contributed by atoms with van der Waals surface area (Å²) in [6, 6.07) is 19.6. The van der Waals surface area contributed by atoms with Crippen LogP contribution in [0.15, 0.2) is 82.2 Å². The van der Waals surface area contributed by atoms with Crippen molar-refractivity contribution in [3.63, 3.8) is 0 Å². The quantitative estimate of drug-likeness (QED) is 0.290. The summed E-state index contributed by atoms with van der Waals surface area (Å²) in [6.45, 7) is 11.0. The van der Waals surface area contributed by atoms with E-state index in [0.717, 1.165) is 19.9 Å². The Kier molecular flexibility index (Phi) is 10.6. The molecule has 0 saturated carbocycles. The van der Waals surface area contributed by atoms with Gasteiger partial charge in [-0.2, -0.15) is 0 Å². The number of nitrogens with zero attached hydrogens (tertiary/aromatic N) is 2. The van der Waals surface area contributed by atoms with E-state index in [2.05, 4.69) is 21.2 Å². The maximum Gasteiger partial charge on any atom is 0.264 e. The van der Waals surface area contributed by atoms with Gasteiger partial charge >= 0.3 is 0 Å². The average Bonchev–Trinajstić information content (AvgIpc) is 2.91. The van der Waals surface area contributed by atoms with Crippen LogP contribution < -0.4 is 14.4 Å². The zero-order chi connectivity index (χ0) is 30.4. The van der Waals surface area contributed by atoms with Gasteiger partial charge in [-0.25, -0.2) is 8.42 Å². The third-order valence-corrected chi connectivity index (χ3v) is 8.57. The lowest BCUT2D eigenvalue weighted by Crippen LogP contribution is -2.54. The van der Waals surface area contributed by atoms with Crippen molar-refractivity contribution in [1.82, 2.24) is 10.2 Å². The monoisotopic (exact) mass is 643 g/mol. The van der Waals surface area contributed by atoms with Crippen molar-refractivity contribution in [2.75, 3.05) is 17.5 Å². The average molecular weight is 645 g/mol. The van der Waals surface area contributed by atoms with Crippen molar-refractivity contribution in [2.24, 2.45) is 0 Å². The predicted molar refractivity (Wildman–Crippen MR) is 165 cm³/mol. The van der Waals surface area contributed by atoms with Crippen molar-refractivity contribution in [3.8, 4) is 5.75 Å². The SMILES string of the molecule is CCOc1ccc(N(CC(=O)N(Cc2ccc(Br)cc2)[C@@H](C)C(=O)NC(C)(C)C)S(=O)(=O)c2ccc(C)cc2)cc1. The lowest BCUT2D eigenvalue weighted by atomic mass is 10.1. The van der Waals surface area contributed by atoms with Crippen LogP contribution in [0.3, 0.4) is 0 Å². The normalized spacial score (nSPS) is 12.4. The highest BCUT2D eigenvalue weighted by molar-refractivity contribution is 9.10. The standard InChI is InChI=1S/C31H38BrN3O5S/c1-7-40-27-16-14-26(15-17-27)35(41(38,39)28-18-8-22(2)9-19-28)21-29(36)34(20-24-10-12-25(32)13-11-24)23(3)30(37)33-31(4,5)6/h8-19,23H,7,20-21H2,1-6H3,(H,33,37)/t23-/m0/s1. The number of halogens is 1. The first-order valence-corrected chi connectivity index (χ1v) is 15.6. The van der Waals surface area contributed by atoms with Gasteiger partial charge in [0, 0.05) is 16.6 Å². The number of carbonyl (C=O) groups is 2. The van der Waals surface area contributed by atoms with Crippen LogP contribution in [0.1, 0.15) is 45.7 Å². The molecule has 8 nitrogen and oxygen atoms in total. The lowest BCUT2D eigenvalue weighted by molar-refractivity contribution is -0.140. The fourth-order valence-corrected chi connectivity index (χ4v) is 5.76. The molecular weight excluding hydrogens is 606 g/mol. The van der Waals surface area contributed by atoms with Gasteiger partial charge in [0.2, 0.25) is 11.8 Å². The van der Waals surface area contributed by atoms with Crippen LogP contribution in [0.25, 0.3) is 0 Å². The number of hydrogen-bond acceptors (Lipinski definition) is 5. The van der Waals surface area contributed by atoms with Gasteiger partial charge in [-0.1, -0.05) is 45.8 Å². The van der Waals surface area contributed by atoms with E-state index in [9.17, 15) is 18.0 Å². The zero-order valence-corrected chi connectivity index (χ0v) is 26.8. The van der Waals surface area contributed by atoms with E-state index in [4.69, 9.17) is 4.74 Å². The first-order valence-electron chi connectivity index (χ1n) is 13.4. The van der Waals surface area contributed by atoms with Crippen LogP contribution >= 0.6 is 15.9 Å². The fraction of sp³-hybridized carbons (Fsp3) is 0.355. The molecule has 0 radical (unpaired) electrons. The van der Waals surface area contributed by atoms with Gasteiger partial charge < -0.3 is 15.0 Å². The van der Waals surface area contributed by atoms with Crippen LogP contribution in [0.2, 0.25) is 0 Å². The summed E-state index contributed by atoms with van der Waals surface area (Å²) in [5, 5.41) is 2.93. The molecule has 0 aliphatic heterocycles. The fourth-order valence-electron chi connectivity index (χ4n) is 4.08. The van der Waals surface area contributed by atoms with Gasteiger partial charge in [-0.15, -0.1) is 0 Å². The molecule has 3 rings (SSSR count). The number of hydrogen-bond donors (Lipinski definition) is 1. The van der Waals surface area contributed by atoms with Crippen molar-refractivity contribution < 1.29 is 22.7 Å². The maximum absolute atomic E-state index is 14.0. The number of anilines is 1. The van der Waals surface area contributed by atoms with E-state index in [1.54, 1.807) is 43.3 Å². The van der Waals surface area contributed by atoms with E-state index in [1.807, 2.05) is 58.9 Å². The second-order valence-electron chi connectivity index (χ2n) is 10.8. The van der Waals surface area contributed by atoms with E-state index in [1.165, 1.54) is 17.0 Å². The van der Waals surface area contributed by atoms with E-state index in [-0.39, 0.29) is 17.3 Å². The molecule has 0 spiro atoms. The van der Waals surface area contributed by atoms with E-state index >= 15 is 0 Å². The van der Waals surface area contributed by atoms with Crippen molar-refractivity contribution >= 4 is 43.5 Å². The van der Waals surface area contributed by atoms with Gasteiger partial charge in [0.05, 0.1) is 17.2 Å². The van der Waals surface area contributed by atoms with E-state index in [0.29, 0.717) is 18.0 Å². The van der Waals surface area contributed by atoms with Gasteiger partial charge in [-0.05, 0) is 95.6 Å². The van der Waals surface area contributed by atoms with Crippen LogP contribution in [0, 0.1) is 6.92 Å². The summed E-state index contributed by atoms with van der Waals surface area (Å²) >= 11 is 3.42. The largest absolute Gasteiger partial charge is 0.494 e. The highest BCUT2D eigenvalue weighted by atomic mass is 79.9. The van der Waals surface area contributed by atoms with E-state index < -0.39 is 34.1 Å². The highest BCUT2D eigenvalue weighted by Gasteiger charge is 2.33. The Morgan fingerprint density at radius 3 is 2.07 bits per heavy atom. The Morgan fingerprint density at radius 1 is 0.951 bits per heavy atom. The summed E-state index contributed by atoms with van der Waals surface area (Å²) in [5.74, 6) is -0.273. The molecule has 0 bridgehead atoms. The molecule has 220 valence electrons. The van der Waals surface area contributed by atoms with Gasteiger partial charge in [-0.3, -0.25) is 13.9 Å². The number of rotatable bonds is 11. The first-order chi connectivity index (χ1) is 19.2. The van der Waals surface area contributed by atoms with Crippen LogP contribution in [-0.4, -0.2) is 49.9 Å². The minimum absolute atomic E-state index is 0.0581. The second kappa shape index (κ2) is 13.5. The Morgan fingerprint density at radius 2 is 1.54 bits per heavy atom. The molecule has 0 aliphatic rings. The molecular formula is C31H38BrN3O5S. The molecule has 2 amide bonds. The summed E-state index contributed by atoms with van der Waals surface area (Å²) in [4.78, 5) is 28.7. The molecule has 0 unspecified atom stereocenters. The highest BCUT2D eigenvalue weighted by Crippen LogP contribution is 2.27. The van der Waals surface area contributed by atoms with Crippen LogP contribution in [0.5, 0.6) is 5.75 Å². The van der Waals surface area contributed by atoms with Crippen molar-refractivity contribution in [2.45, 2.75) is 64.6 Å². The number of carbonyl (C=O) groups excluding carboxylic acids is 2. The molecule has 3 aromatic carbocycles. The molecule has 0 aromatic heterocycles.